The van der Waals surface area contributed by atoms with Gasteiger partial charge < -0.3 is 10.2 Å². The number of carbonyl (C=O) groups is 1. The van der Waals surface area contributed by atoms with Gasteiger partial charge in [0, 0.05) is 24.4 Å². The lowest BCUT2D eigenvalue weighted by Gasteiger charge is -2.30. The van der Waals surface area contributed by atoms with E-state index in [4.69, 9.17) is 0 Å². The van der Waals surface area contributed by atoms with E-state index in [1.165, 1.54) is 0 Å². The topological polar surface area (TPSA) is 66.5 Å². The lowest BCUT2D eigenvalue weighted by molar-refractivity contribution is 0.171. The minimum atomic E-state index is -3.06. The quantitative estimate of drug-likeness (QED) is 0.864. The molecule has 0 aliphatic carbocycles. The molecule has 1 aliphatic rings. The van der Waals surface area contributed by atoms with Gasteiger partial charge in [0.05, 0.1) is 5.75 Å². The van der Waals surface area contributed by atoms with Crippen molar-refractivity contribution >= 4 is 15.9 Å². The van der Waals surface area contributed by atoms with Crippen molar-refractivity contribution in [2.75, 3.05) is 18.1 Å². The lowest BCUT2D eigenvalue weighted by Crippen LogP contribution is -2.50. The monoisotopic (exact) mass is 304 g/mol. The van der Waals surface area contributed by atoms with Crippen LogP contribution in [0, 0.1) is 5.92 Å². The van der Waals surface area contributed by atoms with E-state index in [2.05, 4.69) is 19.2 Å². The van der Waals surface area contributed by atoms with Gasteiger partial charge in [0.15, 0.2) is 9.84 Å². The summed E-state index contributed by atoms with van der Waals surface area (Å²) in [5.41, 5.74) is 0. The summed E-state index contributed by atoms with van der Waals surface area (Å²) < 4.78 is 23.1. The van der Waals surface area contributed by atoms with Crippen LogP contribution in [0.15, 0.2) is 0 Å². The average Bonchev–Trinajstić information content (AvgIpc) is 2.50. The Morgan fingerprint density at radius 3 is 2.60 bits per heavy atom. The highest BCUT2D eigenvalue weighted by Crippen LogP contribution is 2.20. The minimum absolute atomic E-state index is 0.00696. The summed E-state index contributed by atoms with van der Waals surface area (Å²) in [6.07, 6.45) is 3.30. The number of nitrogens with one attached hydrogen (secondary N) is 1. The first-order valence-electron chi connectivity index (χ1n) is 7.52. The molecule has 0 bridgehead atoms. The van der Waals surface area contributed by atoms with E-state index < -0.39 is 9.84 Å². The van der Waals surface area contributed by atoms with Crippen molar-refractivity contribution in [3.05, 3.63) is 0 Å². The second kappa shape index (κ2) is 7.29. The predicted molar refractivity (Wildman–Crippen MR) is 81.5 cm³/mol. The zero-order chi connectivity index (χ0) is 15.3. The molecule has 1 fully saturated rings. The van der Waals surface area contributed by atoms with Crippen molar-refractivity contribution in [1.82, 2.24) is 10.2 Å². The Balaban J connectivity index is 2.60. The molecule has 3 atom stereocenters. The Hall–Kier alpha value is -0.780. The fourth-order valence-corrected chi connectivity index (χ4v) is 3.72. The van der Waals surface area contributed by atoms with Crippen molar-refractivity contribution in [2.45, 2.75) is 59.0 Å². The molecule has 1 aliphatic heterocycles. The summed E-state index contributed by atoms with van der Waals surface area (Å²) in [6, 6.07) is -0.266. The Labute approximate surface area is 123 Å². The molecule has 20 heavy (non-hydrogen) atoms. The van der Waals surface area contributed by atoms with Crippen LogP contribution in [-0.2, 0) is 9.84 Å². The fourth-order valence-electron chi connectivity index (χ4n) is 2.64. The summed E-state index contributed by atoms with van der Waals surface area (Å²) in [5, 5.41) is 2.83. The van der Waals surface area contributed by atoms with Gasteiger partial charge in [-0.3, -0.25) is 0 Å². The van der Waals surface area contributed by atoms with Gasteiger partial charge in [0.1, 0.15) is 0 Å². The standard InChI is InChI=1S/C14H28N2O3S/c1-5-20(18,19)10-12(3)15-14(17)16-9-11(2)7-6-8-13(16)4/h11-13H,5-10H2,1-4H3,(H,15,17)/t11-,12-,13+/m0/s1. The van der Waals surface area contributed by atoms with E-state index in [1.54, 1.807) is 13.8 Å². The third-order valence-corrected chi connectivity index (χ3v) is 5.82. The number of nitrogens with zero attached hydrogens (tertiary/aromatic N) is 1. The molecule has 1 rings (SSSR count). The van der Waals surface area contributed by atoms with Gasteiger partial charge in [-0.05, 0) is 32.6 Å². The highest BCUT2D eigenvalue weighted by Gasteiger charge is 2.26. The third-order valence-electron chi connectivity index (χ3n) is 3.93. The second-order valence-corrected chi connectivity index (χ2v) is 8.48. The SMILES string of the molecule is CCS(=O)(=O)C[C@H](C)NC(=O)N1C[C@@H](C)CCC[C@H]1C. The molecule has 2 amide bonds. The summed E-state index contributed by atoms with van der Waals surface area (Å²) in [4.78, 5) is 14.2. The number of hydrogen-bond donors (Lipinski definition) is 1. The number of sulfone groups is 1. The highest BCUT2D eigenvalue weighted by molar-refractivity contribution is 7.91. The maximum absolute atomic E-state index is 12.3. The molecular weight excluding hydrogens is 276 g/mol. The fraction of sp³-hybridized carbons (Fsp3) is 0.929. The smallest absolute Gasteiger partial charge is 0.317 e. The number of hydrogen-bond acceptors (Lipinski definition) is 3. The number of urea groups is 1. The van der Waals surface area contributed by atoms with Crippen molar-refractivity contribution in [3.63, 3.8) is 0 Å². The predicted octanol–water partition coefficient (Wildman–Crippen LogP) is 2.03. The van der Waals surface area contributed by atoms with Gasteiger partial charge >= 0.3 is 6.03 Å². The average molecular weight is 304 g/mol. The lowest BCUT2D eigenvalue weighted by atomic mass is 10.1. The van der Waals surface area contributed by atoms with Gasteiger partial charge in [0.2, 0.25) is 0 Å². The molecule has 0 saturated carbocycles. The molecule has 0 aromatic carbocycles. The zero-order valence-corrected chi connectivity index (χ0v) is 13.9. The van der Waals surface area contributed by atoms with E-state index in [-0.39, 0.29) is 29.6 Å². The number of carbonyl (C=O) groups excluding carboxylic acids is 1. The van der Waals surface area contributed by atoms with Gasteiger partial charge in [-0.25, -0.2) is 13.2 Å². The number of likely N-dealkylation sites (tertiary alicyclic amines) is 1. The summed E-state index contributed by atoms with van der Waals surface area (Å²) in [6.45, 7) is 8.34. The van der Waals surface area contributed by atoms with E-state index in [9.17, 15) is 13.2 Å². The molecule has 0 unspecified atom stereocenters. The van der Waals surface area contributed by atoms with Gasteiger partial charge in [0.25, 0.3) is 0 Å². The molecule has 0 spiro atoms. The molecule has 0 aromatic heterocycles. The first kappa shape index (κ1) is 17.3. The largest absolute Gasteiger partial charge is 0.335 e. The van der Waals surface area contributed by atoms with Crippen LogP contribution in [0.25, 0.3) is 0 Å². The molecule has 1 heterocycles. The highest BCUT2D eigenvalue weighted by atomic mass is 32.2. The minimum Gasteiger partial charge on any atom is -0.335 e. The zero-order valence-electron chi connectivity index (χ0n) is 13.1. The maximum Gasteiger partial charge on any atom is 0.317 e. The van der Waals surface area contributed by atoms with Crippen LogP contribution >= 0.6 is 0 Å². The molecule has 5 nitrogen and oxygen atoms in total. The second-order valence-electron chi connectivity index (χ2n) is 6.09. The summed E-state index contributed by atoms with van der Waals surface area (Å²) in [5.74, 6) is 0.623. The molecule has 0 aromatic rings. The Morgan fingerprint density at radius 2 is 2.00 bits per heavy atom. The Bertz CT molecular complexity index is 422. The van der Waals surface area contributed by atoms with Crippen LogP contribution in [0.2, 0.25) is 0 Å². The molecule has 6 heteroatoms. The van der Waals surface area contributed by atoms with Crippen LogP contribution in [0.4, 0.5) is 4.79 Å². The normalized spacial score (nSPS) is 25.9. The van der Waals surface area contributed by atoms with E-state index in [1.807, 2.05) is 4.90 Å². The third kappa shape index (κ3) is 5.31. The van der Waals surface area contributed by atoms with E-state index >= 15 is 0 Å². The number of amides is 2. The van der Waals surface area contributed by atoms with Crippen molar-refractivity contribution in [3.8, 4) is 0 Å². The van der Waals surface area contributed by atoms with Gasteiger partial charge in [-0.15, -0.1) is 0 Å². The van der Waals surface area contributed by atoms with Crippen molar-refractivity contribution in [1.29, 1.82) is 0 Å². The Morgan fingerprint density at radius 1 is 1.35 bits per heavy atom. The van der Waals surface area contributed by atoms with Crippen molar-refractivity contribution in [2.24, 2.45) is 5.92 Å². The first-order valence-corrected chi connectivity index (χ1v) is 9.35. The summed E-state index contributed by atoms with van der Waals surface area (Å²) in [7, 11) is -3.06. The maximum atomic E-state index is 12.3. The molecular formula is C14H28N2O3S. The first-order chi connectivity index (χ1) is 9.25. The van der Waals surface area contributed by atoms with Crippen LogP contribution in [0.1, 0.15) is 47.0 Å². The summed E-state index contributed by atoms with van der Waals surface area (Å²) >= 11 is 0. The van der Waals surface area contributed by atoms with Crippen LogP contribution in [-0.4, -0.2) is 49.5 Å². The van der Waals surface area contributed by atoms with Crippen molar-refractivity contribution < 1.29 is 13.2 Å². The number of rotatable bonds is 4. The van der Waals surface area contributed by atoms with E-state index in [0.717, 1.165) is 25.8 Å². The van der Waals surface area contributed by atoms with E-state index in [0.29, 0.717) is 5.92 Å². The van der Waals surface area contributed by atoms with Crippen LogP contribution in [0.3, 0.4) is 0 Å². The molecule has 1 N–H and O–H groups in total. The molecule has 1 saturated heterocycles. The molecule has 0 radical (unpaired) electrons. The Kier molecular flexibility index (Phi) is 6.30. The molecule has 118 valence electrons. The van der Waals surface area contributed by atoms with Crippen LogP contribution in [0.5, 0.6) is 0 Å². The van der Waals surface area contributed by atoms with Gasteiger partial charge in [-0.1, -0.05) is 20.3 Å². The van der Waals surface area contributed by atoms with Crippen LogP contribution < -0.4 is 5.32 Å². The van der Waals surface area contributed by atoms with Gasteiger partial charge in [-0.2, -0.15) is 0 Å².